The van der Waals surface area contributed by atoms with Crippen molar-refractivity contribution >= 4 is 59.0 Å². The van der Waals surface area contributed by atoms with E-state index in [2.05, 4.69) is 72.9 Å². The van der Waals surface area contributed by atoms with E-state index in [1.807, 2.05) is 71.6 Å². The molecule has 0 aromatic heterocycles. The number of aliphatic hydroxyl groups excluding tert-OH is 1. The van der Waals surface area contributed by atoms with Gasteiger partial charge in [-0.2, -0.15) is 0 Å². The number of aliphatic hydroxyl groups is 1. The molecular formula is C39H41IN2O5Si. The molecule has 7 nitrogen and oxygen atoms in total. The maximum Gasteiger partial charge on any atom is 0.268 e. The lowest BCUT2D eigenvalue weighted by Gasteiger charge is -2.39. The zero-order chi connectivity index (χ0) is 33.8. The third-order valence-corrected chi connectivity index (χ3v) is 16.0. The van der Waals surface area contributed by atoms with E-state index >= 15 is 4.79 Å². The van der Waals surface area contributed by atoms with Crippen molar-refractivity contribution < 1.29 is 24.2 Å². The molecule has 1 fully saturated rings. The van der Waals surface area contributed by atoms with Gasteiger partial charge in [0.05, 0.1) is 46.0 Å². The number of amides is 2. The van der Waals surface area contributed by atoms with Crippen LogP contribution in [0.2, 0.25) is 18.6 Å². The van der Waals surface area contributed by atoms with Gasteiger partial charge >= 0.3 is 0 Å². The van der Waals surface area contributed by atoms with E-state index in [0.717, 1.165) is 31.8 Å². The van der Waals surface area contributed by atoms with Gasteiger partial charge in [-0.05, 0) is 88.1 Å². The summed E-state index contributed by atoms with van der Waals surface area (Å²) < 4.78 is 13.7. The number of nitrogens with zero attached hydrogens (tertiary/aromatic N) is 2. The number of methoxy groups -OCH3 is 1. The predicted molar refractivity (Wildman–Crippen MR) is 199 cm³/mol. The Morgan fingerprint density at radius 3 is 2.38 bits per heavy atom. The molecule has 248 valence electrons. The summed E-state index contributed by atoms with van der Waals surface area (Å²) in [7, 11) is -0.776. The quantitative estimate of drug-likeness (QED) is 0.171. The van der Waals surface area contributed by atoms with Crippen LogP contribution in [-0.2, 0) is 32.9 Å². The summed E-state index contributed by atoms with van der Waals surface area (Å²) in [5.74, 6) is 0.386. The van der Waals surface area contributed by atoms with E-state index in [9.17, 15) is 9.90 Å². The number of carbonyl (C=O) groups is 2. The van der Waals surface area contributed by atoms with Crippen LogP contribution in [0.4, 0.5) is 11.4 Å². The summed E-state index contributed by atoms with van der Waals surface area (Å²) in [6.07, 6.45) is 0.217. The molecular weight excluding hydrogens is 731 g/mol. The molecule has 7 rings (SSSR count). The average Bonchev–Trinajstić information content (AvgIpc) is 3.53. The van der Waals surface area contributed by atoms with Crippen molar-refractivity contribution in [3.8, 4) is 5.75 Å². The highest BCUT2D eigenvalue weighted by atomic mass is 127. The maximum absolute atomic E-state index is 15.0. The molecule has 3 aliphatic heterocycles. The topological polar surface area (TPSA) is 79.3 Å². The van der Waals surface area contributed by atoms with Gasteiger partial charge in [0.15, 0.2) is 5.60 Å². The fourth-order valence-electron chi connectivity index (χ4n) is 8.58. The van der Waals surface area contributed by atoms with Gasteiger partial charge in [0.2, 0.25) is 5.91 Å². The Labute approximate surface area is 297 Å². The van der Waals surface area contributed by atoms with E-state index in [1.54, 1.807) is 12.0 Å². The number of anilines is 2. The lowest BCUT2D eigenvalue weighted by atomic mass is 9.82. The first-order valence-electron chi connectivity index (χ1n) is 16.6. The molecule has 0 unspecified atom stereocenters. The predicted octanol–water partition coefficient (Wildman–Crippen LogP) is 6.53. The Morgan fingerprint density at radius 1 is 1.00 bits per heavy atom. The van der Waals surface area contributed by atoms with Crippen LogP contribution in [0.1, 0.15) is 30.0 Å². The minimum Gasteiger partial charge on any atom is -0.497 e. The first-order valence-corrected chi connectivity index (χ1v) is 20.7. The normalized spacial score (nSPS) is 24.9. The highest BCUT2D eigenvalue weighted by Crippen LogP contribution is 2.61. The van der Waals surface area contributed by atoms with Crippen molar-refractivity contribution in [2.24, 2.45) is 5.92 Å². The second-order valence-corrected chi connectivity index (χ2v) is 19.8. The van der Waals surface area contributed by atoms with Gasteiger partial charge in [-0.15, -0.1) is 0 Å². The Kier molecular flexibility index (Phi) is 8.76. The molecule has 0 aliphatic carbocycles. The van der Waals surface area contributed by atoms with Crippen molar-refractivity contribution in [1.29, 1.82) is 0 Å². The SMILES string of the molecule is COc1ccc([Si](C)(C)[C@@H]2[C@@H](CC(=O)N3Cc4ccccc4C[C@H]3CO)O[C@]3(C(=O)N(c4ccccc4)c4ccc(I)cc43)[C@H]2C)cc1. The number of hydrogen-bond acceptors (Lipinski definition) is 5. The van der Waals surface area contributed by atoms with Crippen molar-refractivity contribution in [2.75, 3.05) is 18.6 Å². The Hall–Kier alpha value is -3.51. The fraction of sp³-hybridized carbons (Fsp3) is 0.333. The van der Waals surface area contributed by atoms with E-state index in [4.69, 9.17) is 9.47 Å². The third kappa shape index (κ3) is 5.30. The number of ether oxygens (including phenoxy) is 2. The summed E-state index contributed by atoms with van der Waals surface area (Å²) in [5.41, 5.74) is 3.40. The van der Waals surface area contributed by atoms with Gasteiger partial charge < -0.3 is 19.5 Å². The first kappa shape index (κ1) is 33.0. The number of rotatable bonds is 7. The summed E-state index contributed by atoms with van der Waals surface area (Å²) >= 11 is 2.30. The smallest absolute Gasteiger partial charge is 0.268 e. The van der Waals surface area contributed by atoms with E-state index in [1.165, 1.54) is 10.8 Å². The number of halogens is 1. The zero-order valence-corrected chi connectivity index (χ0v) is 30.9. The van der Waals surface area contributed by atoms with Crippen LogP contribution in [0, 0.1) is 9.49 Å². The van der Waals surface area contributed by atoms with Crippen molar-refractivity contribution in [1.82, 2.24) is 4.90 Å². The van der Waals surface area contributed by atoms with Crippen LogP contribution in [-0.4, -0.2) is 55.8 Å². The number of benzene rings is 4. The lowest BCUT2D eigenvalue weighted by Crippen LogP contribution is -2.52. The molecule has 1 N–H and O–H groups in total. The minimum atomic E-state index is -2.44. The molecule has 0 radical (unpaired) electrons. The molecule has 3 heterocycles. The molecule has 4 aromatic rings. The molecule has 3 aliphatic rings. The summed E-state index contributed by atoms with van der Waals surface area (Å²) in [5, 5.41) is 11.6. The van der Waals surface area contributed by atoms with E-state index < -0.39 is 19.8 Å². The summed E-state index contributed by atoms with van der Waals surface area (Å²) in [6, 6.07) is 31.9. The molecule has 4 aromatic carbocycles. The van der Waals surface area contributed by atoms with Crippen LogP contribution in [0.15, 0.2) is 97.1 Å². The van der Waals surface area contributed by atoms with Crippen LogP contribution < -0.4 is 14.8 Å². The molecule has 5 atom stereocenters. The first-order chi connectivity index (χ1) is 23.1. The molecule has 1 spiro atoms. The Balaban J connectivity index is 1.32. The maximum atomic E-state index is 15.0. The van der Waals surface area contributed by atoms with Crippen molar-refractivity contribution in [3.05, 3.63) is 117 Å². The fourth-order valence-corrected chi connectivity index (χ4v) is 13.1. The highest BCUT2D eigenvalue weighted by molar-refractivity contribution is 14.1. The minimum absolute atomic E-state index is 0.0597. The molecule has 1 saturated heterocycles. The van der Waals surface area contributed by atoms with Crippen LogP contribution in [0.25, 0.3) is 0 Å². The van der Waals surface area contributed by atoms with E-state index in [-0.39, 0.29) is 42.3 Å². The average molecular weight is 773 g/mol. The Bertz CT molecular complexity index is 1850. The number of para-hydroxylation sites is 1. The van der Waals surface area contributed by atoms with Gasteiger partial charge in [0, 0.05) is 27.3 Å². The molecule has 48 heavy (non-hydrogen) atoms. The van der Waals surface area contributed by atoms with Gasteiger partial charge in [0.1, 0.15) is 5.75 Å². The molecule has 9 heteroatoms. The van der Waals surface area contributed by atoms with Crippen LogP contribution >= 0.6 is 22.6 Å². The van der Waals surface area contributed by atoms with Crippen molar-refractivity contribution in [2.45, 2.75) is 62.7 Å². The number of fused-ring (bicyclic) bond motifs is 3. The standard InChI is InChI=1S/C39H41IN2O5Si/c1-25-37(48(3,4)32-17-15-31(46-2)16-18-32)35(22-36(44)41-23-27-11-9-8-10-26(27)20-30(41)24-43)47-39(25)33-21-28(40)14-19-34(33)42(38(39)45)29-12-6-5-7-13-29/h5-19,21,25,30,35,37,43H,20,22-24H2,1-4H3/t25-,30-,35+,37-,39+/m0/s1. The number of carbonyl (C=O) groups excluding carboxylic acids is 2. The lowest BCUT2D eigenvalue weighted by molar-refractivity contribution is -0.150. The summed E-state index contributed by atoms with van der Waals surface area (Å²) in [4.78, 5) is 33.1. The van der Waals surface area contributed by atoms with Crippen LogP contribution in [0.3, 0.4) is 0 Å². The van der Waals surface area contributed by atoms with Gasteiger partial charge in [-0.3, -0.25) is 14.5 Å². The highest BCUT2D eigenvalue weighted by Gasteiger charge is 2.67. The van der Waals surface area contributed by atoms with Crippen LogP contribution in [0.5, 0.6) is 5.75 Å². The van der Waals surface area contributed by atoms with Crippen molar-refractivity contribution in [3.63, 3.8) is 0 Å². The van der Waals surface area contributed by atoms with E-state index in [0.29, 0.717) is 13.0 Å². The summed E-state index contributed by atoms with van der Waals surface area (Å²) in [6.45, 7) is 7.13. The van der Waals surface area contributed by atoms with Gasteiger partial charge in [-0.1, -0.05) is 79.8 Å². The molecule has 0 saturated carbocycles. The second-order valence-electron chi connectivity index (χ2n) is 13.8. The monoisotopic (exact) mass is 772 g/mol. The Morgan fingerprint density at radius 2 is 1.69 bits per heavy atom. The van der Waals surface area contributed by atoms with Gasteiger partial charge in [-0.25, -0.2) is 0 Å². The largest absolute Gasteiger partial charge is 0.497 e. The van der Waals surface area contributed by atoms with Gasteiger partial charge in [0.25, 0.3) is 5.91 Å². The molecule has 0 bridgehead atoms. The zero-order valence-electron chi connectivity index (χ0n) is 27.7. The molecule has 2 amide bonds. The second kappa shape index (κ2) is 12.7. The number of hydrogen-bond donors (Lipinski definition) is 1. The third-order valence-electron chi connectivity index (χ3n) is 11.0.